The predicted octanol–water partition coefficient (Wildman–Crippen LogP) is 2.00. The van der Waals surface area contributed by atoms with E-state index in [9.17, 15) is 4.79 Å². The highest BCUT2D eigenvalue weighted by molar-refractivity contribution is 7.15. The van der Waals surface area contributed by atoms with Gasteiger partial charge in [0.2, 0.25) is 11.0 Å². The second kappa shape index (κ2) is 7.18. The minimum Gasteiger partial charge on any atom is -0.375 e. The molecule has 1 amide bonds. The Morgan fingerprint density at radius 3 is 2.96 bits per heavy atom. The summed E-state index contributed by atoms with van der Waals surface area (Å²) in [7, 11) is 1.53. The lowest BCUT2D eigenvalue weighted by Crippen LogP contribution is -2.33. The molecule has 128 valence electrons. The molecule has 1 saturated heterocycles. The van der Waals surface area contributed by atoms with Crippen molar-refractivity contribution in [3.63, 3.8) is 0 Å². The van der Waals surface area contributed by atoms with Crippen molar-refractivity contribution < 1.29 is 9.53 Å². The number of anilines is 2. The van der Waals surface area contributed by atoms with E-state index >= 15 is 0 Å². The number of hydrogen-bond acceptors (Lipinski definition) is 8. The second-order valence-electron chi connectivity index (χ2n) is 5.65. The average Bonchev–Trinajstić information content (AvgIpc) is 3.16. The topological polar surface area (TPSA) is 93.1 Å². The van der Waals surface area contributed by atoms with Gasteiger partial charge >= 0.3 is 0 Å². The first-order chi connectivity index (χ1) is 11.6. The maximum absolute atomic E-state index is 12.2. The third-order valence-electron chi connectivity index (χ3n) is 3.80. The fraction of sp³-hybridized carbons (Fsp3) is 0.533. The van der Waals surface area contributed by atoms with Crippen molar-refractivity contribution in [3.05, 3.63) is 22.6 Å². The van der Waals surface area contributed by atoms with Gasteiger partial charge in [-0.25, -0.2) is 9.97 Å². The van der Waals surface area contributed by atoms with Crippen LogP contribution in [0, 0.1) is 13.8 Å². The molecule has 3 rings (SSSR count). The number of carbonyl (C=O) groups is 1. The van der Waals surface area contributed by atoms with Crippen LogP contribution in [0.3, 0.4) is 0 Å². The highest BCUT2D eigenvalue weighted by Crippen LogP contribution is 2.32. The zero-order chi connectivity index (χ0) is 17.1. The quantitative estimate of drug-likeness (QED) is 0.883. The van der Waals surface area contributed by atoms with Gasteiger partial charge in [0.1, 0.15) is 23.3 Å². The summed E-state index contributed by atoms with van der Waals surface area (Å²) in [6.07, 6.45) is 1.85. The Hall–Kier alpha value is -2.13. The Labute approximate surface area is 144 Å². The summed E-state index contributed by atoms with van der Waals surface area (Å²) in [5.41, 5.74) is 0.841. The summed E-state index contributed by atoms with van der Waals surface area (Å²) >= 11 is 1.46. The predicted molar refractivity (Wildman–Crippen MR) is 90.3 cm³/mol. The van der Waals surface area contributed by atoms with Crippen molar-refractivity contribution >= 4 is 28.2 Å². The molecule has 1 fully saturated rings. The number of nitrogens with one attached hydrogen (secondary N) is 1. The molecule has 2 aromatic heterocycles. The van der Waals surface area contributed by atoms with Crippen LogP contribution in [0.4, 0.5) is 10.9 Å². The first-order valence-electron chi connectivity index (χ1n) is 7.78. The largest absolute Gasteiger partial charge is 0.375 e. The van der Waals surface area contributed by atoms with E-state index in [1.165, 1.54) is 18.4 Å². The van der Waals surface area contributed by atoms with Crippen molar-refractivity contribution in [2.75, 3.05) is 25.6 Å². The number of hydrogen-bond donors (Lipinski definition) is 1. The summed E-state index contributed by atoms with van der Waals surface area (Å²) in [6.45, 7) is 4.57. The van der Waals surface area contributed by atoms with Crippen molar-refractivity contribution in [1.29, 1.82) is 0 Å². The van der Waals surface area contributed by atoms with Gasteiger partial charge in [0.15, 0.2) is 0 Å². The number of aromatic nitrogens is 4. The lowest BCUT2D eigenvalue weighted by atomic mass is 10.1. The van der Waals surface area contributed by atoms with E-state index < -0.39 is 0 Å². The Balaban J connectivity index is 1.83. The maximum atomic E-state index is 12.2. The van der Waals surface area contributed by atoms with Gasteiger partial charge in [-0.05, 0) is 26.7 Å². The highest BCUT2D eigenvalue weighted by Gasteiger charge is 2.31. The van der Waals surface area contributed by atoms with Crippen molar-refractivity contribution in [2.45, 2.75) is 32.7 Å². The van der Waals surface area contributed by atoms with Crippen LogP contribution in [-0.2, 0) is 9.53 Å². The standard InChI is InChI=1S/C15H20N6O2S/c1-9-16-11(12-5-4-6-21(12)14(22)8-23-3)7-13(17-9)18-15-20-19-10(2)24-15/h7,12H,4-6,8H2,1-3H3,(H,16,17,18,20)/t12-/m0/s1. The molecule has 0 radical (unpaired) electrons. The van der Waals surface area contributed by atoms with E-state index in [2.05, 4.69) is 25.5 Å². The van der Waals surface area contributed by atoms with E-state index in [1.54, 1.807) is 0 Å². The molecular formula is C15H20N6O2S. The zero-order valence-corrected chi connectivity index (χ0v) is 14.8. The van der Waals surface area contributed by atoms with E-state index in [0.29, 0.717) is 16.8 Å². The van der Waals surface area contributed by atoms with Gasteiger partial charge in [0.25, 0.3) is 0 Å². The number of aryl methyl sites for hydroxylation is 2. The van der Waals surface area contributed by atoms with E-state index in [1.807, 2.05) is 24.8 Å². The molecule has 0 saturated carbocycles. The number of rotatable bonds is 5. The van der Waals surface area contributed by atoms with E-state index in [0.717, 1.165) is 30.1 Å². The summed E-state index contributed by atoms with van der Waals surface area (Å²) in [5, 5.41) is 12.8. The van der Waals surface area contributed by atoms with Crippen LogP contribution in [-0.4, -0.2) is 51.2 Å². The SMILES string of the molecule is COCC(=O)N1CCC[C@H]1c1cc(Nc2nnc(C)s2)nc(C)n1. The summed E-state index contributed by atoms with van der Waals surface area (Å²) in [5.74, 6) is 1.31. The second-order valence-corrected chi connectivity index (χ2v) is 6.84. The molecule has 1 N–H and O–H groups in total. The van der Waals surface area contributed by atoms with Crippen LogP contribution in [0.25, 0.3) is 0 Å². The number of ether oxygens (including phenoxy) is 1. The van der Waals surface area contributed by atoms with Crippen LogP contribution >= 0.6 is 11.3 Å². The van der Waals surface area contributed by atoms with Crippen LogP contribution in [0.15, 0.2) is 6.07 Å². The van der Waals surface area contributed by atoms with Crippen LogP contribution in [0.2, 0.25) is 0 Å². The number of carbonyl (C=O) groups excluding carboxylic acids is 1. The van der Waals surface area contributed by atoms with Crippen molar-refractivity contribution in [1.82, 2.24) is 25.1 Å². The Bertz CT molecular complexity index is 735. The molecule has 0 aliphatic carbocycles. The number of amides is 1. The third kappa shape index (κ3) is 3.68. The van der Waals surface area contributed by atoms with E-state index in [4.69, 9.17) is 4.74 Å². The van der Waals surface area contributed by atoms with Gasteiger partial charge in [-0.3, -0.25) is 4.79 Å². The minimum atomic E-state index is -0.0361. The summed E-state index contributed by atoms with van der Waals surface area (Å²) in [6, 6.07) is 1.85. The normalized spacial score (nSPS) is 17.3. The van der Waals surface area contributed by atoms with Crippen LogP contribution in [0.1, 0.15) is 35.4 Å². The maximum Gasteiger partial charge on any atom is 0.249 e. The molecule has 3 heterocycles. The Kier molecular flexibility index (Phi) is 5.00. The molecule has 0 unspecified atom stereocenters. The van der Waals surface area contributed by atoms with Gasteiger partial charge in [-0.1, -0.05) is 11.3 Å². The van der Waals surface area contributed by atoms with Gasteiger partial charge in [-0.15, -0.1) is 10.2 Å². The molecular weight excluding hydrogens is 328 g/mol. The average molecular weight is 348 g/mol. The number of nitrogens with zero attached hydrogens (tertiary/aromatic N) is 5. The molecule has 1 aliphatic heterocycles. The van der Waals surface area contributed by atoms with E-state index in [-0.39, 0.29) is 18.6 Å². The first kappa shape index (κ1) is 16.7. The highest BCUT2D eigenvalue weighted by atomic mass is 32.1. The third-order valence-corrected chi connectivity index (χ3v) is 4.56. The summed E-state index contributed by atoms with van der Waals surface area (Å²) in [4.78, 5) is 23.0. The Morgan fingerprint density at radius 2 is 2.25 bits per heavy atom. The van der Waals surface area contributed by atoms with Crippen LogP contribution in [0.5, 0.6) is 0 Å². The molecule has 1 atom stereocenters. The van der Waals surface area contributed by atoms with Crippen molar-refractivity contribution in [3.8, 4) is 0 Å². The lowest BCUT2D eigenvalue weighted by molar-refractivity contribution is -0.136. The van der Waals surface area contributed by atoms with Gasteiger partial charge in [-0.2, -0.15) is 0 Å². The fourth-order valence-corrected chi connectivity index (χ4v) is 3.46. The molecule has 0 aromatic carbocycles. The molecule has 1 aliphatic rings. The Morgan fingerprint density at radius 1 is 1.42 bits per heavy atom. The first-order valence-corrected chi connectivity index (χ1v) is 8.59. The molecule has 24 heavy (non-hydrogen) atoms. The lowest BCUT2D eigenvalue weighted by Gasteiger charge is -2.24. The fourth-order valence-electron chi connectivity index (χ4n) is 2.86. The molecule has 9 heteroatoms. The van der Waals surface area contributed by atoms with Crippen LogP contribution < -0.4 is 5.32 Å². The molecule has 0 spiro atoms. The zero-order valence-electron chi connectivity index (χ0n) is 13.9. The monoisotopic (exact) mass is 348 g/mol. The molecule has 0 bridgehead atoms. The number of likely N-dealkylation sites (tertiary alicyclic amines) is 1. The summed E-state index contributed by atoms with van der Waals surface area (Å²) < 4.78 is 4.98. The smallest absolute Gasteiger partial charge is 0.249 e. The van der Waals surface area contributed by atoms with Gasteiger partial charge < -0.3 is 15.0 Å². The van der Waals surface area contributed by atoms with Gasteiger partial charge in [0, 0.05) is 19.7 Å². The number of methoxy groups -OCH3 is 1. The van der Waals surface area contributed by atoms with Crippen molar-refractivity contribution in [2.24, 2.45) is 0 Å². The van der Waals surface area contributed by atoms with Gasteiger partial charge in [0.05, 0.1) is 11.7 Å². The molecule has 2 aromatic rings. The minimum absolute atomic E-state index is 0.00878. The molecule has 8 nitrogen and oxygen atoms in total.